The summed E-state index contributed by atoms with van der Waals surface area (Å²) in [7, 11) is 0. The maximum absolute atomic E-state index is 2.44. The summed E-state index contributed by atoms with van der Waals surface area (Å²) in [4.78, 5) is 0. The highest BCUT2D eigenvalue weighted by Gasteiger charge is 2.48. The van der Waals surface area contributed by atoms with Gasteiger partial charge in [-0.15, -0.1) is 0 Å². The maximum atomic E-state index is 2.44. The van der Waals surface area contributed by atoms with Crippen molar-refractivity contribution in [2.45, 2.75) is 32.1 Å². The molecule has 0 saturated carbocycles. The molecule has 0 spiro atoms. The largest absolute Gasteiger partial charge is 0.0876 e. The van der Waals surface area contributed by atoms with E-state index in [1.54, 1.807) is 0 Å². The fourth-order valence-electron chi connectivity index (χ4n) is 5.45. The van der Waals surface area contributed by atoms with E-state index in [0.29, 0.717) is 0 Å². The van der Waals surface area contributed by atoms with Gasteiger partial charge in [-0.3, -0.25) is 0 Å². The second-order valence-electron chi connectivity index (χ2n) is 8.84. The Morgan fingerprint density at radius 2 is 1.61 bits per heavy atom. The van der Waals surface area contributed by atoms with Gasteiger partial charge in [0.15, 0.2) is 0 Å². The molecule has 2 aliphatic rings. The number of rotatable bonds is 4. The number of aryl methyl sites for hydroxylation is 1. The van der Waals surface area contributed by atoms with Crippen LogP contribution < -0.4 is 0 Å². The molecule has 2 aliphatic carbocycles. The minimum Gasteiger partial charge on any atom is -0.0876 e. The molecule has 1 atom stereocenters. The van der Waals surface area contributed by atoms with Crippen molar-refractivity contribution < 1.29 is 0 Å². The molecule has 162 valence electrons. The Hall–Kier alpha value is -3.64. The molecule has 3 aromatic carbocycles. The molecule has 0 nitrogen and oxygen atoms in total. The summed E-state index contributed by atoms with van der Waals surface area (Å²) in [5, 5.41) is 0. The number of benzene rings is 3. The van der Waals surface area contributed by atoms with E-state index in [-0.39, 0.29) is 5.41 Å². The van der Waals surface area contributed by atoms with Crippen molar-refractivity contribution in [2.24, 2.45) is 0 Å². The first kappa shape index (κ1) is 21.2. The highest BCUT2D eigenvalue weighted by atomic mass is 14.5. The van der Waals surface area contributed by atoms with Crippen LogP contribution in [0.5, 0.6) is 0 Å². The van der Waals surface area contributed by atoms with Gasteiger partial charge in [-0.1, -0.05) is 121 Å². The summed E-state index contributed by atoms with van der Waals surface area (Å²) in [6.45, 7) is 4.29. The third-order valence-corrected chi connectivity index (χ3v) is 6.96. The van der Waals surface area contributed by atoms with E-state index in [4.69, 9.17) is 0 Å². The van der Waals surface area contributed by atoms with Gasteiger partial charge in [0.2, 0.25) is 0 Å². The van der Waals surface area contributed by atoms with E-state index in [9.17, 15) is 0 Å². The van der Waals surface area contributed by atoms with Gasteiger partial charge in [0.05, 0.1) is 5.41 Å². The fourth-order valence-corrected chi connectivity index (χ4v) is 5.45. The fraction of sp³-hybridized carbons (Fsp3) is 0.152. The molecule has 1 unspecified atom stereocenters. The van der Waals surface area contributed by atoms with Crippen molar-refractivity contribution in [2.75, 3.05) is 0 Å². The SMILES string of the molecule is C\C=C/C=C1\C(=C\c2ccccc2C)C(C2=CC=CCC2)(c2ccccc2)c2ccccc21. The number of hydrogen-bond acceptors (Lipinski definition) is 0. The second kappa shape index (κ2) is 9.08. The lowest BCUT2D eigenvalue weighted by atomic mass is 9.65. The maximum Gasteiger partial charge on any atom is 0.0676 e. The van der Waals surface area contributed by atoms with E-state index in [1.165, 1.54) is 44.5 Å². The van der Waals surface area contributed by atoms with Crippen molar-refractivity contribution in [1.82, 2.24) is 0 Å². The van der Waals surface area contributed by atoms with Crippen LogP contribution in [0.2, 0.25) is 0 Å². The summed E-state index contributed by atoms with van der Waals surface area (Å²) in [6.07, 6.45) is 18.0. The first-order valence-electron chi connectivity index (χ1n) is 11.9. The van der Waals surface area contributed by atoms with E-state index >= 15 is 0 Å². The Morgan fingerprint density at radius 1 is 0.848 bits per heavy atom. The monoisotopic (exact) mass is 426 g/mol. The van der Waals surface area contributed by atoms with Gasteiger partial charge in [-0.05, 0) is 71.7 Å². The van der Waals surface area contributed by atoms with Crippen LogP contribution in [0.1, 0.15) is 47.6 Å². The van der Waals surface area contributed by atoms with Gasteiger partial charge >= 0.3 is 0 Å². The lowest BCUT2D eigenvalue weighted by Crippen LogP contribution is -2.30. The van der Waals surface area contributed by atoms with Gasteiger partial charge in [-0.2, -0.15) is 0 Å². The Balaban J connectivity index is 1.93. The second-order valence-corrected chi connectivity index (χ2v) is 8.84. The molecule has 0 aromatic heterocycles. The first-order chi connectivity index (χ1) is 16.3. The molecular formula is C33H30. The normalized spacial score (nSPS) is 22.2. The van der Waals surface area contributed by atoms with Crippen LogP contribution in [0.3, 0.4) is 0 Å². The van der Waals surface area contributed by atoms with Crippen molar-refractivity contribution in [3.63, 3.8) is 0 Å². The van der Waals surface area contributed by atoms with Gasteiger partial charge in [0, 0.05) is 0 Å². The van der Waals surface area contributed by atoms with Crippen LogP contribution in [-0.2, 0) is 5.41 Å². The lowest BCUT2D eigenvalue weighted by Gasteiger charge is -2.37. The van der Waals surface area contributed by atoms with Gasteiger partial charge in [0.1, 0.15) is 0 Å². The smallest absolute Gasteiger partial charge is 0.0676 e. The molecule has 0 bridgehead atoms. The molecule has 0 amide bonds. The summed E-state index contributed by atoms with van der Waals surface area (Å²) in [6, 6.07) is 28.8. The van der Waals surface area contributed by atoms with Crippen LogP contribution in [0.4, 0.5) is 0 Å². The summed E-state index contributed by atoms with van der Waals surface area (Å²) in [5.41, 5.74) is 10.5. The van der Waals surface area contributed by atoms with Crippen molar-refractivity contribution >= 4 is 11.6 Å². The Labute approximate surface area is 198 Å². The third kappa shape index (κ3) is 3.56. The van der Waals surface area contributed by atoms with Crippen molar-refractivity contribution in [1.29, 1.82) is 0 Å². The van der Waals surface area contributed by atoms with Crippen LogP contribution in [0, 0.1) is 6.92 Å². The first-order valence-corrected chi connectivity index (χ1v) is 11.9. The minimum absolute atomic E-state index is 0.307. The Bertz CT molecular complexity index is 1310. The van der Waals surface area contributed by atoms with Crippen LogP contribution in [-0.4, -0.2) is 0 Å². The summed E-state index contributed by atoms with van der Waals surface area (Å²) < 4.78 is 0. The average Bonchev–Trinajstić information content (AvgIpc) is 3.15. The number of fused-ring (bicyclic) bond motifs is 1. The van der Waals surface area contributed by atoms with Crippen LogP contribution in [0.15, 0.2) is 126 Å². The van der Waals surface area contributed by atoms with Gasteiger partial charge in [-0.25, -0.2) is 0 Å². The lowest BCUT2D eigenvalue weighted by molar-refractivity contribution is 0.696. The molecule has 0 heteroatoms. The van der Waals surface area contributed by atoms with Crippen LogP contribution in [0.25, 0.3) is 11.6 Å². The molecule has 0 aliphatic heterocycles. The summed E-state index contributed by atoms with van der Waals surface area (Å²) >= 11 is 0. The quantitative estimate of drug-likeness (QED) is 0.392. The zero-order valence-electron chi connectivity index (χ0n) is 19.5. The minimum atomic E-state index is -0.307. The third-order valence-electron chi connectivity index (χ3n) is 6.96. The van der Waals surface area contributed by atoms with E-state index in [2.05, 4.69) is 135 Å². The Kier molecular flexibility index (Phi) is 5.84. The van der Waals surface area contributed by atoms with Gasteiger partial charge < -0.3 is 0 Å². The van der Waals surface area contributed by atoms with Crippen LogP contribution >= 0.6 is 0 Å². The predicted octanol–water partition coefficient (Wildman–Crippen LogP) is 8.61. The highest BCUT2D eigenvalue weighted by Crippen LogP contribution is 2.59. The van der Waals surface area contributed by atoms with Crippen molar-refractivity contribution in [3.05, 3.63) is 154 Å². The molecule has 33 heavy (non-hydrogen) atoms. The zero-order chi connectivity index (χ0) is 22.7. The van der Waals surface area contributed by atoms with E-state index < -0.39 is 0 Å². The molecule has 0 heterocycles. The zero-order valence-corrected chi connectivity index (χ0v) is 19.5. The van der Waals surface area contributed by atoms with E-state index in [1.807, 2.05) is 0 Å². The summed E-state index contributed by atoms with van der Waals surface area (Å²) in [5.74, 6) is 0. The molecule has 3 aromatic rings. The Morgan fingerprint density at radius 3 is 2.36 bits per heavy atom. The molecule has 0 radical (unpaired) electrons. The van der Waals surface area contributed by atoms with Gasteiger partial charge in [0.25, 0.3) is 0 Å². The predicted molar refractivity (Wildman–Crippen MR) is 142 cm³/mol. The highest BCUT2D eigenvalue weighted by molar-refractivity contribution is 5.98. The number of allylic oxidation sites excluding steroid dienone is 9. The average molecular weight is 427 g/mol. The molecule has 0 saturated heterocycles. The molecule has 5 rings (SSSR count). The van der Waals surface area contributed by atoms with E-state index in [0.717, 1.165) is 12.8 Å². The topological polar surface area (TPSA) is 0 Å². The molecular weight excluding hydrogens is 396 g/mol. The standard InChI is InChI=1S/C33H30/c1-3-4-21-30-29-22-13-14-23-31(29)33(27-17-7-5-8-18-27,28-19-9-6-10-20-28)32(30)24-26-16-12-11-15-25(26)2/h3-9,11-19,21-24H,10,20H2,1-2H3/b4-3-,30-21-,32-24-. The molecule has 0 N–H and O–H groups in total. The van der Waals surface area contributed by atoms with Crippen molar-refractivity contribution in [3.8, 4) is 0 Å². The number of hydrogen-bond donors (Lipinski definition) is 0. The molecule has 0 fully saturated rings.